The summed E-state index contributed by atoms with van der Waals surface area (Å²) in [5.41, 5.74) is 17.4. The SMILES string of the molecule is CCCN(CCI)C(=O)C1=Cc2ccc(C(=O)Nc3cnc4c(c3)C(N)CCC4)cc2N=C(N)C1. The van der Waals surface area contributed by atoms with Crippen LogP contribution in [0.3, 0.4) is 0 Å². The van der Waals surface area contributed by atoms with Crippen molar-refractivity contribution in [3.8, 4) is 0 Å². The molecule has 0 saturated heterocycles. The van der Waals surface area contributed by atoms with E-state index >= 15 is 0 Å². The van der Waals surface area contributed by atoms with Crippen molar-refractivity contribution in [1.29, 1.82) is 0 Å². The summed E-state index contributed by atoms with van der Waals surface area (Å²) in [6.07, 6.45) is 7.54. The van der Waals surface area contributed by atoms with Crippen LogP contribution in [-0.4, -0.2) is 45.1 Å². The third kappa shape index (κ3) is 5.90. The number of amides is 2. The number of nitrogens with zero attached hydrogens (tertiary/aromatic N) is 3. The minimum Gasteiger partial charge on any atom is -0.387 e. The standard InChI is InChI=1S/C26H31IN6O2/c1-2-9-33(10-8-27)26(35)18-11-16-6-7-17(12-23(16)32-24(29)13-18)25(34)31-19-14-20-21(28)4-3-5-22(20)30-15-19/h6-7,11-12,14-15,21H,2-5,8-10,13,28H2,1H3,(H2,29,32)(H,31,34). The van der Waals surface area contributed by atoms with Gasteiger partial charge < -0.3 is 21.7 Å². The predicted octanol–water partition coefficient (Wildman–Crippen LogP) is 4.12. The zero-order chi connectivity index (χ0) is 24.9. The molecule has 8 nitrogen and oxygen atoms in total. The Hall–Kier alpha value is -2.79. The van der Waals surface area contributed by atoms with E-state index in [1.807, 2.05) is 23.1 Å². The van der Waals surface area contributed by atoms with Crippen LogP contribution < -0.4 is 16.8 Å². The fraction of sp³-hybridized carbons (Fsp3) is 0.385. The monoisotopic (exact) mass is 586 g/mol. The topological polar surface area (TPSA) is 127 Å². The summed E-state index contributed by atoms with van der Waals surface area (Å²) >= 11 is 2.28. The second-order valence-electron chi connectivity index (χ2n) is 8.92. The molecule has 1 unspecified atom stereocenters. The zero-order valence-electron chi connectivity index (χ0n) is 19.9. The van der Waals surface area contributed by atoms with E-state index in [9.17, 15) is 9.59 Å². The molecule has 9 heteroatoms. The number of anilines is 1. The second kappa shape index (κ2) is 11.3. The van der Waals surface area contributed by atoms with Gasteiger partial charge in [0, 0.05) is 52.4 Å². The lowest BCUT2D eigenvalue weighted by molar-refractivity contribution is -0.126. The van der Waals surface area contributed by atoms with Gasteiger partial charge in [0.05, 0.1) is 17.6 Å². The van der Waals surface area contributed by atoms with E-state index in [0.29, 0.717) is 41.4 Å². The molecule has 184 valence electrons. The molecule has 0 spiro atoms. The summed E-state index contributed by atoms with van der Waals surface area (Å²) in [5.74, 6) is 0.0579. The number of aromatic nitrogens is 1. The Balaban J connectivity index is 1.56. The summed E-state index contributed by atoms with van der Waals surface area (Å²) in [5, 5.41) is 2.92. The van der Waals surface area contributed by atoms with Gasteiger partial charge in [0.1, 0.15) is 5.84 Å². The average molecular weight is 586 g/mol. The maximum absolute atomic E-state index is 13.2. The predicted molar refractivity (Wildman–Crippen MR) is 148 cm³/mol. The number of hydrogen-bond donors (Lipinski definition) is 3. The lowest BCUT2D eigenvalue weighted by Crippen LogP contribution is -2.35. The van der Waals surface area contributed by atoms with Crippen LogP contribution in [-0.2, 0) is 11.2 Å². The number of rotatable bonds is 7. The van der Waals surface area contributed by atoms with E-state index in [-0.39, 0.29) is 24.3 Å². The van der Waals surface area contributed by atoms with Crippen molar-refractivity contribution < 1.29 is 9.59 Å². The van der Waals surface area contributed by atoms with Crippen LogP contribution >= 0.6 is 22.6 Å². The van der Waals surface area contributed by atoms with Crippen molar-refractivity contribution in [2.75, 3.05) is 22.8 Å². The molecule has 2 heterocycles. The minimum atomic E-state index is -0.270. The molecular weight excluding hydrogens is 555 g/mol. The van der Waals surface area contributed by atoms with Crippen molar-refractivity contribution in [3.05, 3.63) is 58.4 Å². The quantitative estimate of drug-likeness (QED) is 0.333. The number of carbonyl (C=O) groups excluding carboxylic acids is 2. The van der Waals surface area contributed by atoms with Gasteiger partial charge in [-0.1, -0.05) is 35.6 Å². The lowest BCUT2D eigenvalue weighted by atomic mass is 9.92. The Labute approximate surface area is 219 Å². The minimum absolute atomic E-state index is 0.0190. The number of aryl methyl sites for hydroxylation is 1. The molecule has 2 aliphatic rings. The number of nitrogens with two attached hydrogens (primary N) is 2. The summed E-state index contributed by atoms with van der Waals surface area (Å²) in [4.78, 5) is 37.0. The van der Waals surface area contributed by atoms with E-state index in [2.05, 4.69) is 44.8 Å². The number of benzene rings is 1. The second-order valence-corrected chi connectivity index (χ2v) is 10.00. The first-order valence-electron chi connectivity index (χ1n) is 12.0. The van der Waals surface area contributed by atoms with Crippen molar-refractivity contribution in [3.63, 3.8) is 0 Å². The number of hydrogen-bond acceptors (Lipinski definition) is 6. The maximum Gasteiger partial charge on any atom is 0.255 e. The molecule has 2 aromatic rings. The van der Waals surface area contributed by atoms with Crippen LogP contribution in [0.5, 0.6) is 0 Å². The summed E-state index contributed by atoms with van der Waals surface area (Å²) in [7, 11) is 0. The molecule has 0 bridgehead atoms. The first-order chi connectivity index (χ1) is 16.9. The van der Waals surface area contributed by atoms with Crippen LogP contribution in [0.2, 0.25) is 0 Å². The smallest absolute Gasteiger partial charge is 0.255 e. The Morgan fingerprint density at radius 1 is 1.26 bits per heavy atom. The fourth-order valence-corrected chi connectivity index (χ4v) is 5.10. The van der Waals surface area contributed by atoms with E-state index in [0.717, 1.165) is 46.9 Å². The fourth-order valence-electron chi connectivity index (χ4n) is 4.52. The number of amidine groups is 1. The van der Waals surface area contributed by atoms with Crippen LogP contribution in [0, 0.1) is 0 Å². The molecule has 1 aliphatic heterocycles. The molecule has 0 radical (unpaired) electrons. The largest absolute Gasteiger partial charge is 0.387 e. The van der Waals surface area contributed by atoms with E-state index in [1.165, 1.54) is 0 Å². The molecule has 1 aliphatic carbocycles. The molecule has 1 aromatic carbocycles. The molecule has 0 fully saturated rings. The van der Waals surface area contributed by atoms with Crippen molar-refractivity contribution >= 4 is 57.7 Å². The third-order valence-electron chi connectivity index (χ3n) is 6.26. The van der Waals surface area contributed by atoms with Gasteiger partial charge in [-0.25, -0.2) is 4.99 Å². The zero-order valence-corrected chi connectivity index (χ0v) is 22.0. The number of pyridine rings is 1. The molecule has 4 rings (SSSR count). The highest BCUT2D eigenvalue weighted by Gasteiger charge is 2.22. The van der Waals surface area contributed by atoms with Gasteiger partial charge >= 0.3 is 0 Å². The van der Waals surface area contributed by atoms with Gasteiger partial charge in [0.2, 0.25) is 5.91 Å². The van der Waals surface area contributed by atoms with Crippen molar-refractivity contribution in [1.82, 2.24) is 9.88 Å². The average Bonchev–Trinajstić information content (AvgIpc) is 3.01. The Bertz CT molecular complexity index is 1190. The molecule has 0 saturated carbocycles. The van der Waals surface area contributed by atoms with Crippen LogP contribution in [0.25, 0.3) is 6.08 Å². The number of alkyl halides is 1. The van der Waals surface area contributed by atoms with Gasteiger partial charge in [-0.2, -0.15) is 0 Å². The number of nitrogens with one attached hydrogen (secondary N) is 1. The molecule has 35 heavy (non-hydrogen) atoms. The highest BCUT2D eigenvalue weighted by molar-refractivity contribution is 14.1. The summed E-state index contributed by atoms with van der Waals surface area (Å²) in [6.45, 7) is 3.45. The molecule has 5 N–H and O–H groups in total. The Morgan fingerprint density at radius 3 is 2.86 bits per heavy atom. The molecule has 1 atom stereocenters. The highest BCUT2D eigenvalue weighted by atomic mass is 127. The van der Waals surface area contributed by atoms with E-state index < -0.39 is 0 Å². The Morgan fingerprint density at radius 2 is 2.09 bits per heavy atom. The van der Waals surface area contributed by atoms with Crippen LogP contribution in [0.15, 0.2) is 41.0 Å². The maximum atomic E-state index is 13.2. The molecular formula is C26H31IN6O2. The third-order valence-corrected chi connectivity index (χ3v) is 6.74. The molecule has 2 amide bonds. The van der Waals surface area contributed by atoms with E-state index in [4.69, 9.17) is 11.5 Å². The van der Waals surface area contributed by atoms with Gasteiger partial charge in [-0.3, -0.25) is 14.6 Å². The number of halogens is 1. The van der Waals surface area contributed by atoms with Gasteiger partial charge in [-0.05, 0) is 55.5 Å². The van der Waals surface area contributed by atoms with Crippen LogP contribution in [0.4, 0.5) is 11.4 Å². The first kappa shape index (κ1) is 25.3. The number of fused-ring (bicyclic) bond motifs is 2. The van der Waals surface area contributed by atoms with Gasteiger partial charge in [-0.15, -0.1) is 0 Å². The van der Waals surface area contributed by atoms with Crippen LogP contribution in [0.1, 0.15) is 65.8 Å². The summed E-state index contributed by atoms with van der Waals surface area (Å²) in [6, 6.07) is 7.11. The molecule has 1 aromatic heterocycles. The Kier molecular flexibility index (Phi) is 8.17. The lowest BCUT2D eigenvalue weighted by Gasteiger charge is -2.22. The van der Waals surface area contributed by atoms with Crippen molar-refractivity contribution in [2.45, 2.75) is 45.1 Å². The first-order valence-corrected chi connectivity index (χ1v) is 13.5. The van der Waals surface area contributed by atoms with Gasteiger partial charge in [0.25, 0.3) is 5.91 Å². The van der Waals surface area contributed by atoms with Gasteiger partial charge in [0.15, 0.2) is 0 Å². The van der Waals surface area contributed by atoms with Crippen molar-refractivity contribution in [2.24, 2.45) is 16.5 Å². The number of aliphatic imine (C=N–C) groups is 1. The van der Waals surface area contributed by atoms with E-state index in [1.54, 1.807) is 18.3 Å². The highest BCUT2D eigenvalue weighted by Crippen LogP contribution is 2.30. The number of carbonyl (C=O) groups is 2. The summed E-state index contributed by atoms with van der Waals surface area (Å²) < 4.78 is 0.862. The normalized spacial score (nSPS) is 16.8.